The van der Waals surface area contributed by atoms with Crippen molar-refractivity contribution < 1.29 is 4.79 Å². The van der Waals surface area contributed by atoms with Gasteiger partial charge >= 0.3 is 0 Å². The van der Waals surface area contributed by atoms with Gasteiger partial charge in [-0.05, 0) is 30.7 Å². The number of hydrogen-bond donors (Lipinski definition) is 0. The third-order valence-corrected chi connectivity index (χ3v) is 3.03. The Labute approximate surface area is 98.9 Å². The average molecular weight is 218 g/mol. The normalized spacial score (nSPS) is 16.5. The molecule has 1 aliphatic carbocycles. The molecule has 1 saturated carbocycles. The molecule has 0 amide bonds. The molecule has 1 fully saturated rings. The van der Waals surface area contributed by atoms with Crippen LogP contribution in [-0.4, -0.2) is 5.78 Å². The van der Waals surface area contributed by atoms with Gasteiger partial charge in [-0.2, -0.15) is 0 Å². The fourth-order valence-electron chi connectivity index (χ4n) is 2.15. The molecule has 1 nitrogen and oxygen atoms in total. The Kier molecular flexibility index (Phi) is 5.84. The number of carbonyl (C=O) groups is 1. The van der Waals surface area contributed by atoms with Gasteiger partial charge in [0, 0.05) is 12.8 Å². The molecule has 0 heterocycles. The monoisotopic (exact) mass is 218 g/mol. The van der Waals surface area contributed by atoms with Crippen LogP contribution >= 0.6 is 0 Å². The predicted molar refractivity (Wildman–Crippen MR) is 68.5 cm³/mol. The van der Waals surface area contributed by atoms with Crippen LogP contribution in [0.15, 0.2) is 30.3 Å². The minimum atomic E-state index is 0.453. The molecule has 0 saturated heterocycles. The van der Waals surface area contributed by atoms with Crippen LogP contribution in [0, 0.1) is 5.92 Å². The van der Waals surface area contributed by atoms with E-state index in [1.165, 1.54) is 5.56 Å². The molecule has 2 rings (SSSR count). The Balaban J connectivity index is 0.000000606. The lowest BCUT2D eigenvalue weighted by Gasteiger charge is -2.20. The lowest BCUT2D eigenvalue weighted by atomic mass is 9.84. The first-order valence-electron chi connectivity index (χ1n) is 6.40. The lowest BCUT2D eigenvalue weighted by molar-refractivity contribution is -0.120. The van der Waals surface area contributed by atoms with E-state index in [1.807, 2.05) is 19.9 Å². The predicted octanol–water partition coefficient (Wildman–Crippen LogP) is 4.01. The second kappa shape index (κ2) is 7.21. The number of benzene rings is 1. The number of rotatable bonds is 2. The van der Waals surface area contributed by atoms with E-state index in [0.717, 1.165) is 38.0 Å². The molecule has 0 aliphatic heterocycles. The van der Waals surface area contributed by atoms with Crippen molar-refractivity contribution in [2.45, 2.75) is 46.0 Å². The molecule has 0 spiro atoms. The van der Waals surface area contributed by atoms with Gasteiger partial charge < -0.3 is 0 Å². The average Bonchev–Trinajstić information content (AvgIpc) is 2.36. The Morgan fingerprint density at radius 3 is 2.19 bits per heavy atom. The molecule has 1 heteroatoms. The maximum atomic E-state index is 11.1. The molecule has 0 aromatic heterocycles. The quantitative estimate of drug-likeness (QED) is 0.733. The Bertz CT molecular complexity index is 292. The molecule has 1 aromatic rings. The van der Waals surface area contributed by atoms with E-state index >= 15 is 0 Å². The van der Waals surface area contributed by atoms with Crippen molar-refractivity contribution in [2.75, 3.05) is 0 Å². The van der Waals surface area contributed by atoms with Gasteiger partial charge in [0.25, 0.3) is 0 Å². The van der Waals surface area contributed by atoms with Gasteiger partial charge in [-0.25, -0.2) is 0 Å². The van der Waals surface area contributed by atoms with E-state index in [9.17, 15) is 4.79 Å². The van der Waals surface area contributed by atoms with Crippen LogP contribution in [0.5, 0.6) is 0 Å². The van der Waals surface area contributed by atoms with Gasteiger partial charge in [0.05, 0.1) is 0 Å². The van der Waals surface area contributed by atoms with Gasteiger partial charge in [-0.15, -0.1) is 0 Å². The zero-order valence-corrected chi connectivity index (χ0v) is 10.4. The highest BCUT2D eigenvalue weighted by molar-refractivity contribution is 5.79. The van der Waals surface area contributed by atoms with Crippen LogP contribution in [0.4, 0.5) is 0 Å². The fourth-order valence-corrected chi connectivity index (χ4v) is 2.15. The first-order chi connectivity index (χ1) is 7.84. The number of carbonyl (C=O) groups excluding carboxylic acids is 1. The summed E-state index contributed by atoms with van der Waals surface area (Å²) in [6.07, 6.45) is 4.94. The van der Waals surface area contributed by atoms with E-state index in [1.54, 1.807) is 0 Å². The molecule has 0 N–H and O–H groups in total. The highest BCUT2D eigenvalue weighted by Crippen LogP contribution is 2.24. The van der Waals surface area contributed by atoms with E-state index in [2.05, 4.69) is 24.3 Å². The molecular formula is C15H22O. The molecule has 0 atom stereocenters. The standard InChI is InChI=1S/C13H16O.C2H6/c14-13-8-6-12(7-9-13)10-11-4-2-1-3-5-11;1-2/h1-5,12H,6-10H2;1-2H3. The van der Waals surface area contributed by atoms with Crippen molar-refractivity contribution in [3.8, 4) is 0 Å². The molecule has 88 valence electrons. The van der Waals surface area contributed by atoms with Gasteiger partial charge in [-0.3, -0.25) is 4.79 Å². The summed E-state index contributed by atoms with van der Waals surface area (Å²) in [7, 11) is 0. The minimum Gasteiger partial charge on any atom is -0.300 e. The molecule has 0 radical (unpaired) electrons. The van der Waals surface area contributed by atoms with Crippen molar-refractivity contribution in [3.63, 3.8) is 0 Å². The summed E-state index contributed by atoms with van der Waals surface area (Å²) in [5.74, 6) is 1.18. The topological polar surface area (TPSA) is 17.1 Å². The second-order valence-electron chi connectivity index (χ2n) is 4.17. The largest absolute Gasteiger partial charge is 0.300 e. The van der Waals surface area contributed by atoms with Crippen LogP contribution in [0.25, 0.3) is 0 Å². The summed E-state index contributed by atoms with van der Waals surface area (Å²) in [5.41, 5.74) is 1.41. The Hall–Kier alpha value is -1.11. The lowest BCUT2D eigenvalue weighted by Crippen LogP contribution is -2.15. The molecule has 1 aliphatic rings. The van der Waals surface area contributed by atoms with Gasteiger partial charge in [-0.1, -0.05) is 44.2 Å². The highest BCUT2D eigenvalue weighted by atomic mass is 16.1. The molecule has 0 bridgehead atoms. The van der Waals surface area contributed by atoms with Gasteiger partial charge in [0.15, 0.2) is 0 Å². The molecule has 1 aromatic carbocycles. The first-order valence-corrected chi connectivity index (χ1v) is 6.40. The number of hydrogen-bond acceptors (Lipinski definition) is 1. The number of Topliss-reactive ketones (excluding diaryl/α,β-unsaturated/α-hetero) is 1. The van der Waals surface area contributed by atoms with Crippen LogP contribution in [0.1, 0.15) is 45.1 Å². The summed E-state index contributed by atoms with van der Waals surface area (Å²) in [6.45, 7) is 4.00. The third-order valence-electron chi connectivity index (χ3n) is 3.03. The van der Waals surface area contributed by atoms with Crippen LogP contribution < -0.4 is 0 Å². The number of ketones is 1. The molecule has 16 heavy (non-hydrogen) atoms. The maximum absolute atomic E-state index is 11.1. The Morgan fingerprint density at radius 2 is 1.62 bits per heavy atom. The van der Waals surface area contributed by atoms with Crippen molar-refractivity contribution in [2.24, 2.45) is 5.92 Å². The van der Waals surface area contributed by atoms with Crippen LogP contribution in [0.2, 0.25) is 0 Å². The Morgan fingerprint density at radius 1 is 1.06 bits per heavy atom. The van der Waals surface area contributed by atoms with E-state index in [4.69, 9.17) is 0 Å². The SMILES string of the molecule is CC.O=C1CCC(Cc2ccccc2)CC1. The highest BCUT2D eigenvalue weighted by Gasteiger charge is 2.18. The smallest absolute Gasteiger partial charge is 0.132 e. The van der Waals surface area contributed by atoms with Gasteiger partial charge in [0.2, 0.25) is 0 Å². The second-order valence-corrected chi connectivity index (χ2v) is 4.17. The summed E-state index contributed by atoms with van der Waals surface area (Å²) < 4.78 is 0. The van der Waals surface area contributed by atoms with Crippen LogP contribution in [0.3, 0.4) is 0 Å². The summed E-state index contributed by atoms with van der Waals surface area (Å²) >= 11 is 0. The first kappa shape index (κ1) is 13.0. The van der Waals surface area contributed by atoms with Crippen LogP contribution in [-0.2, 0) is 11.2 Å². The maximum Gasteiger partial charge on any atom is 0.132 e. The van der Waals surface area contributed by atoms with Crippen molar-refractivity contribution in [1.29, 1.82) is 0 Å². The summed E-state index contributed by atoms with van der Waals surface area (Å²) in [5, 5.41) is 0. The van der Waals surface area contributed by atoms with E-state index in [-0.39, 0.29) is 0 Å². The van der Waals surface area contributed by atoms with Gasteiger partial charge in [0.1, 0.15) is 5.78 Å². The molecular weight excluding hydrogens is 196 g/mol. The van der Waals surface area contributed by atoms with E-state index < -0.39 is 0 Å². The van der Waals surface area contributed by atoms with Crippen molar-refractivity contribution in [1.82, 2.24) is 0 Å². The molecule has 0 unspecified atom stereocenters. The van der Waals surface area contributed by atoms with Crippen molar-refractivity contribution in [3.05, 3.63) is 35.9 Å². The summed E-state index contributed by atoms with van der Waals surface area (Å²) in [4.78, 5) is 11.1. The zero-order chi connectivity index (χ0) is 11.8. The third kappa shape index (κ3) is 4.18. The zero-order valence-electron chi connectivity index (χ0n) is 10.4. The minimum absolute atomic E-state index is 0.453. The van der Waals surface area contributed by atoms with Crippen molar-refractivity contribution >= 4 is 5.78 Å². The van der Waals surface area contributed by atoms with E-state index in [0.29, 0.717) is 5.78 Å². The fraction of sp³-hybridized carbons (Fsp3) is 0.533. The summed E-state index contributed by atoms with van der Waals surface area (Å²) in [6, 6.07) is 10.6.